The van der Waals surface area contributed by atoms with Gasteiger partial charge < -0.3 is 35.0 Å². The standard InChI is InChI=1S/C22H30N4O2.C17H19N3O.C11H16ClN.C7H8.C2H6/c1-4-18-14-21-20(15-24-18)22(27)26(12-11-25(21)3)16-17-6-8-19(9-7-17)28-13-5-10-23-2;1-13-3-5-14(6-4-13)12-20-10-9-19(2)16-7-8-18-11-15(16)17(20)21;1-9(7-8-13-2)10-3-5-11(12)6-4-10;1-7-5-3-2-4-6-7;1-2/h6-9,14-15,23H,4-5,10-13,16H2,1-3H3;3-8,11H,9-10,12H2,1-2H3;3-6,9,13H,7-8H2,1-2H3;2-6H,1H3;1-2H3. The first-order chi connectivity index (χ1) is 34.4. The fourth-order valence-electron chi connectivity index (χ4n) is 7.79. The van der Waals surface area contributed by atoms with Crippen molar-refractivity contribution in [1.82, 2.24) is 30.4 Å². The topological polar surface area (TPSA) is 106 Å². The van der Waals surface area contributed by atoms with Gasteiger partial charge in [0.25, 0.3) is 11.8 Å². The number of aromatic nitrogens is 2. The second-order valence-corrected chi connectivity index (χ2v) is 18.1. The van der Waals surface area contributed by atoms with E-state index in [0.29, 0.717) is 43.3 Å². The van der Waals surface area contributed by atoms with Crippen molar-refractivity contribution in [2.45, 2.75) is 79.8 Å². The molecule has 12 heteroatoms. The molecule has 6 aromatic rings. The van der Waals surface area contributed by atoms with Crippen LogP contribution in [0.25, 0.3) is 0 Å². The first-order valence-electron chi connectivity index (χ1n) is 25.2. The van der Waals surface area contributed by atoms with E-state index in [1.165, 1.54) is 16.7 Å². The number of benzene rings is 4. The monoisotopic (exact) mass is 983 g/mol. The third kappa shape index (κ3) is 18.8. The van der Waals surface area contributed by atoms with E-state index in [0.717, 1.165) is 91.0 Å². The number of hydrogen-bond donors (Lipinski definition) is 2. The Morgan fingerprint density at radius 1 is 0.676 bits per heavy atom. The molecule has 2 aliphatic rings. The van der Waals surface area contributed by atoms with Crippen LogP contribution in [0.1, 0.15) is 101 Å². The number of nitrogens with zero attached hydrogens (tertiary/aromatic N) is 6. The third-order valence-electron chi connectivity index (χ3n) is 12.2. The minimum Gasteiger partial charge on any atom is -0.494 e. The number of fused-ring (bicyclic) bond motifs is 2. The third-order valence-corrected chi connectivity index (χ3v) is 12.5. The van der Waals surface area contributed by atoms with Crippen molar-refractivity contribution in [1.29, 1.82) is 0 Å². The second-order valence-electron chi connectivity index (χ2n) is 17.7. The summed E-state index contributed by atoms with van der Waals surface area (Å²) in [6.07, 6.45) is 8.13. The molecule has 2 aliphatic heterocycles. The molecule has 2 aromatic heterocycles. The predicted molar refractivity (Wildman–Crippen MR) is 296 cm³/mol. The van der Waals surface area contributed by atoms with Crippen LogP contribution in [0.2, 0.25) is 5.02 Å². The number of hydrogen-bond acceptors (Lipinski definition) is 9. The fraction of sp³-hybridized carbons (Fsp3) is 0.390. The molecule has 0 aliphatic carbocycles. The largest absolute Gasteiger partial charge is 0.494 e. The molecule has 0 bridgehead atoms. The van der Waals surface area contributed by atoms with E-state index in [1.807, 2.05) is 119 Å². The van der Waals surface area contributed by atoms with Crippen molar-refractivity contribution in [3.8, 4) is 5.75 Å². The molecule has 0 spiro atoms. The molecule has 380 valence electrons. The van der Waals surface area contributed by atoms with E-state index < -0.39 is 0 Å². The van der Waals surface area contributed by atoms with Crippen LogP contribution in [-0.4, -0.2) is 106 Å². The number of rotatable bonds is 14. The number of ether oxygens (including phenoxy) is 1. The van der Waals surface area contributed by atoms with Crippen LogP contribution >= 0.6 is 11.6 Å². The van der Waals surface area contributed by atoms with Crippen molar-refractivity contribution < 1.29 is 14.3 Å². The summed E-state index contributed by atoms with van der Waals surface area (Å²) in [4.78, 5) is 42.4. The molecule has 0 saturated heterocycles. The second kappa shape index (κ2) is 31.1. The van der Waals surface area contributed by atoms with Crippen LogP contribution in [-0.2, 0) is 19.5 Å². The van der Waals surface area contributed by atoms with Gasteiger partial charge in [-0.25, -0.2) is 0 Å². The van der Waals surface area contributed by atoms with Crippen molar-refractivity contribution in [3.05, 3.63) is 184 Å². The maximum Gasteiger partial charge on any atom is 0.257 e. The lowest BCUT2D eigenvalue weighted by atomic mass is 9.98. The van der Waals surface area contributed by atoms with Gasteiger partial charge in [-0.05, 0) is 119 Å². The number of halogens is 1. The van der Waals surface area contributed by atoms with Gasteiger partial charge in [0.2, 0.25) is 0 Å². The summed E-state index contributed by atoms with van der Waals surface area (Å²) < 4.78 is 5.74. The average Bonchev–Trinajstić information content (AvgIpc) is 3.59. The Bertz CT molecular complexity index is 2450. The molecule has 4 heterocycles. The highest BCUT2D eigenvalue weighted by Gasteiger charge is 2.27. The predicted octanol–water partition coefficient (Wildman–Crippen LogP) is 11.3. The van der Waals surface area contributed by atoms with Crippen LogP contribution < -0.4 is 25.2 Å². The number of pyridine rings is 2. The highest BCUT2D eigenvalue weighted by Crippen LogP contribution is 2.27. The molecule has 2 N–H and O–H groups in total. The van der Waals surface area contributed by atoms with E-state index in [1.54, 1.807) is 18.6 Å². The van der Waals surface area contributed by atoms with Gasteiger partial charge in [0.15, 0.2) is 0 Å². The molecule has 4 aromatic carbocycles. The Balaban J connectivity index is 0.000000223. The van der Waals surface area contributed by atoms with Crippen LogP contribution in [0.3, 0.4) is 0 Å². The highest BCUT2D eigenvalue weighted by atomic mass is 35.5. The Hall–Kier alpha value is -6.27. The summed E-state index contributed by atoms with van der Waals surface area (Å²) in [5.74, 6) is 1.57. The lowest BCUT2D eigenvalue weighted by Gasteiger charge is -2.21. The number of carbonyl (C=O) groups excluding carboxylic acids is 2. The molecule has 1 atom stereocenters. The number of likely N-dealkylation sites (N-methyl/N-ethyl adjacent to an activating group) is 2. The molecule has 11 nitrogen and oxygen atoms in total. The van der Waals surface area contributed by atoms with Gasteiger partial charge in [-0.2, -0.15) is 0 Å². The van der Waals surface area contributed by atoms with Crippen LogP contribution in [0, 0.1) is 13.8 Å². The quantitative estimate of drug-likeness (QED) is 0.103. The van der Waals surface area contributed by atoms with Gasteiger partial charge in [0.1, 0.15) is 5.75 Å². The Kier molecular flexibility index (Phi) is 25.1. The first kappa shape index (κ1) is 57.3. The van der Waals surface area contributed by atoms with E-state index in [-0.39, 0.29) is 11.8 Å². The number of amides is 2. The molecule has 0 fully saturated rings. The summed E-state index contributed by atoms with van der Waals surface area (Å²) in [5, 5.41) is 7.07. The zero-order chi connectivity index (χ0) is 51.5. The van der Waals surface area contributed by atoms with Crippen molar-refractivity contribution in [2.24, 2.45) is 0 Å². The molecular weight excluding hydrogens is 904 g/mol. The van der Waals surface area contributed by atoms with Crippen LogP contribution in [0.5, 0.6) is 5.75 Å². The van der Waals surface area contributed by atoms with Gasteiger partial charge in [-0.3, -0.25) is 19.6 Å². The van der Waals surface area contributed by atoms with Gasteiger partial charge >= 0.3 is 0 Å². The molecule has 1 unspecified atom stereocenters. The van der Waals surface area contributed by atoms with Crippen molar-refractivity contribution in [3.63, 3.8) is 0 Å². The maximum absolute atomic E-state index is 13.1. The Morgan fingerprint density at radius 3 is 1.77 bits per heavy atom. The van der Waals surface area contributed by atoms with Crippen LogP contribution in [0.4, 0.5) is 11.4 Å². The summed E-state index contributed by atoms with van der Waals surface area (Å²) in [7, 11) is 7.97. The number of aryl methyl sites for hydroxylation is 3. The van der Waals surface area contributed by atoms with E-state index in [9.17, 15) is 9.59 Å². The average molecular weight is 984 g/mol. The highest BCUT2D eigenvalue weighted by molar-refractivity contribution is 6.30. The Morgan fingerprint density at radius 2 is 1.23 bits per heavy atom. The first-order valence-corrected chi connectivity index (χ1v) is 25.6. The fourth-order valence-corrected chi connectivity index (χ4v) is 7.92. The van der Waals surface area contributed by atoms with E-state index in [2.05, 4.69) is 107 Å². The lowest BCUT2D eigenvalue weighted by Crippen LogP contribution is -2.33. The van der Waals surface area contributed by atoms with Crippen molar-refractivity contribution in [2.75, 3.05) is 83.9 Å². The summed E-state index contributed by atoms with van der Waals surface area (Å²) in [6.45, 7) is 19.4. The van der Waals surface area contributed by atoms with Crippen molar-refractivity contribution >= 4 is 34.8 Å². The minimum atomic E-state index is 0.0434. The Labute approximate surface area is 430 Å². The number of anilines is 2. The van der Waals surface area contributed by atoms with Gasteiger partial charge in [-0.1, -0.05) is 129 Å². The van der Waals surface area contributed by atoms with Crippen LogP contribution in [0.15, 0.2) is 134 Å². The zero-order valence-electron chi connectivity index (χ0n) is 44.1. The van der Waals surface area contributed by atoms with E-state index in [4.69, 9.17) is 16.3 Å². The summed E-state index contributed by atoms with van der Waals surface area (Å²) in [6, 6.07) is 38.7. The minimum absolute atomic E-state index is 0.0434. The molecule has 2 amide bonds. The summed E-state index contributed by atoms with van der Waals surface area (Å²) in [5.41, 5.74) is 10.5. The summed E-state index contributed by atoms with van der Waals surface area (Å²) >= 11 is 5.81. The maximum atomic E-state index is 13.1. The van der Waals surface area contributed by atoms with Gasteiger partial charge in [-0.15, -0.1) is 0 Å². The SMILES string of the molecule is CC.CCc1cc2c(cn1)C(=O)N(Cc1ccc(OCCCNC)cc1)CCN2C.CNCCC(C)c1ccc(Cl)cc1.Cc1ccc(CN2CCN(C)c3ccncc3C2=O)cc1.Cc1ccccc1. The molecule has 71 heavy (non-hydrogen) atoms. The molecule has 8 rings (SSSR count). The zero-order valence-corrected chi connectivity index (χ0v) is 44.8. The number of carbonyl (C=O) groups is 2. The number of nitrogens with one attached hydrogen (secondary N) is 2. The molecule has 0 radical (unpaired) electrons. The normalized spacial score (nSPS) is 13.2. The van der Waals surface area contributed by atoms with E-state index >= 15 is 0 Å². The molecular formula is C59H79ClN8O3. The van der Waals surface area contributed by atoms with Gasteiger partial charge in [0, 0.05) is 82.7 Å². The van der Waals surface area contributed by atoms with Gasteiger partial charge in [0.05, 0.1) is 29.1 Å². The smallest absolute Gasteiger partial charge is 0.257 e. The molecule has 0 saturated carbocycles. The lowest BCUT2D eigenvalue weighted by molar-refractivity contribution is 0.0747.